The van der Waals surface area contributed by atoms with Crippen LogP contribution in [0, 0.1) is 23.2 Å². The van der Waals surface area contributed by atoms with Gasteiger partial charge in [-0.15, -0.1) is 0 Å². The molecule has 0 saturated heterocycles. The van der Waals surface area contributed by atoms with Gasteiger partial charge in [0.2, 0.25) is 5.91 Å². The number of carbonyl (C=O) groups excluding carboxylic acids is 1. The Morgan fingerprint density at radius 2 is 2.00 bits per heavy atom. The Hall–Kier alpha value is -1.06. The summed E-state index contributed by atoms with van der Waals surface area (Å²) in [5.74, 6) is 0.886. The van der Waals surface area contributed by atoms with E-state index in [2.05, 4.69) is 0 Å². The lowest BCUT2D eigenvalue weighted by Gasteiger charge is -2.20. The number of hydrogen-bond donors (Lipinski definition) is 2. The zero-order chi connectivity index (χ0) is 10.6. The van der Waals surface area contributed by atoms with E-state index < -0.39 is 6.09 Å². The van der Waals surface area contributed by atoms with E-state index in [1.807, 2.05) is 5.32 Å². The van der Waals surface area contributed by atoms with E-state index in [4.69, 9.17) is 5.11 Å². The maximum atomic E-state index is 11.7. The highest BCUT2D eigenvalue weighted by atomic mass is 16.4. The van der Waals surface area contributed by atoms with Crippen molar-refractivity contribution in [2.45, 2.75) is 32.1 Å². The lowest BCUT2D eigenvalue weighted by molar-refractivity contribution is -0.125. The molecule has 1 unspecified atom stereocenters. The number of imide groups is 1. The summed E-state index contributed by atoms with van der Waals surface area (Å²) in [6.45, 7) is 0. The Morgan fingerprint density at radius 1 is 1.27 bits per heavy atom. The molecule has 0 aromatic rings. The highest BCUT2D eigenvalue weighted by molar-refractivity contribution is 5.92. The standard InChI is InChI=1S/C11H15NO3/c13-9(12-10(14)15)7-5-6-1-2-8(7)11(6)3-4-11/h6-8H,1-5H2,(H,12,13)(H,14,15)/t6-,7?,8+/m1/s1. The fraction of sp³-hybridized carbons (Fsp3) is 0.818. The molecule has 4 heteroatoms. The summed E-state index contributed by atoms with van der Waals surface area (Å²) in [7, 11) is 0. The highest BCUT2D eigenvalue weighted by Gasteiger charge is 2.66. The molecule has 4 nitrogen and oxygen atoms in total. The maximum absolute atomic E-state index is 11.7. The van der Waals surface area contributed by atoms with Gasteiger partial charge in [0.25, 0.3) is 0 Å². The quantitative estimate of drug-likeness (QED) is 0.689. The molecule has 2 amide bonds. The second-order valence-corrected chi connectivity index (χ2v) is 5.25. The van der Waals surface area contributed by atoms with Crippen molar-refractivity contribution in [2.24, 2.45) is 23.2 Å². The molecular formula is C11H15NO3. The van der Waals surface area contributed by atoms with Crippen molar-refractivity contribution in [3.63, 3.8) is 0 Å². The number of nitrogens with one attached hydrogen (secondary N) is 1. The minimum atomic E-state index is -1.22. The number of carboxylic acid groups (broad SMARTS) is 1. The molecule has 3 aliphatic rings. The smallest absolute Gasteiger partial charge is 0.411 e. The van der Waals surface area contributed by atoms with Crippen LogP contribution in [-0.2, 0) is 4.79 Å². The van der Waals surface area contributed by atoms with Crippen LogP contribution in [0.15, 0.2) is 0 Å². The van der Waals surface area contributed by atoms with Crippen molar-refractivity contribution in [1.29, 1.82) is 0 Å². The molecule has 15 heavy (non-hydrogen) atoms. The summed E-state index contributed by atoms with van der Waals surface area (Å²) in [4.78, 5) is 22.1. The Kier molecular flexibility index (Phi) is 1.68. The van der Waals surface area contributed by atoms with Gasteiger partial charge in [-0.2, -0.15) is 0 Å². The van der Waals surface area contributed by atoms with Crippen LogP contribution in [0.3, 0.4) is 0 Å². The number of hydrogen-bond acceptors (Lipinski definition) is 2. The maximum Gasteiger partial charge on any atom is 0.411 e. The van der Waals surface area contributed by atoms with Gasteiger partial charge in [-0.25, -0.2) is 4.79 Å². The summed E-state index contributed by atoms with van der Waals surface area (Å²) < 4.78 is 0. The van der Waals surface area contributed by atoms with Gasteiger partial charge in [-0.3, -0.25) is 10.1 Å². The second kappa shape index (κ2) is 2.74. The summed E-state index contributed by atoms with van der Waals surface area (Å²) in [6, 6.07) is 0. The van der Waals surface area contributed by atoms with E-state index >= 15 is 0 Å². The fourth-order valence-corrected chi connectivity index (χ4v) is 4.09. The average molecular weight is 209 g/mol. The van der Waals surface area contributed by atoms with Gasteiger partial charge in [0.15, 0.2) is 0 Å². The van der Waals surface area contributed by atoms with Crippen LogP contribution in [0.5, 0.6) is 0 Å². The molecule has 3 fully saturated rings. The first-order valence-corrected chi connectivity index (χ1v) is 5.67. The lowest BCUT2D eigenvalue weighted by atomic mass is 9.86. The fourth-order valence-electron chi connectivity index (χ4n) is 4.09. The molecule has 0 aromatic carbocycles. The zero-order valence-corrected chi connectivity index (χ0v) is 8.53. The van der Waals surface area contributed by atoms with Gasteiger partial charge >= 0.3 is 6.09 Å². The number of amides is 2. The van der Waals surface area contributed by atoms with E-state index in [1.54, 1.807) is 0 Å². The minimum absolute atomic E-state index is 0.0256. The summed E-state index contributed by atoms with van der Waals surface area (Å²) in [6.07, 6.45) is 4.61. The number of carbonyl (C=O) groups is 2. The third-order valence-electron chi connectivity index (χ3n) is 4.80. The molecule has 0 radical (unpaired) electrons. The van der Waals surface area contributed by atoms with Gasteiger partial charge in [-0.1, -0.05) is 0 Å². The first-order chi connectivity index (χ1) is 7.13. The molecule has 1 spiro atoms. The summed E-state index contributed by atoms with van der Waals surface area (Å²) >= 11 is 0. The van der Waals surface area contributed by atoms with Crippen LogP contribution in [0.4, 0.5) is 4.79 Å². The first-order valence-electron chi connectivity index (χ1n) is 5.67. The van der Waals surface area contributed by atoms with Gasteiger partial charge < -0.3 is 5.11 Å². The third kappa shape index (κ3) is 1.13. The van der Waals surface area contributed by atoms with E-state index in [-0.39, 0.29) is 11.8 Å². The molecule has 2 bridgehead atoms. The summed E-state index contributed by atoms with van der Waals surface area (Å²) in [5, 5.41) is 10.5. The molecule has 0 aromatic heterocycles. The summed E-state index contributed by atoms with van der Waals surface area (Å²) in [5.41, 5.74) is 0.459. The third-order valence-corrected chi connectivity index (χ3v) is 4.80. The molecule has 3 saturated carbocycles. The first kappa shape index (κ1) is 9.19. The van der Waals surface area contributed by atoms with E-state index in [9.17, 15) is 9.59 Å². The molecule has 3 atom stereocenters. The van der Waals surface area contributed by atoms with Gasteiger partial charge in [-0.05, 0) is 49.4 Å². The van der Waals surface area contributed by atoms with Crippen LogP contribution < -0.4 is 5.32 Å². The molecule has 3 aliphatic carbocycles. The zero-order valence-electron chi connectivity index (χ0n) is 8.53. The normalized spacial score (nSPS) is 39.3. The molecule has 0 aliphatic heterocycles. The molecule has 3 rings (SSSR count). The van der Waals surface area contributed by atoms with E-state index in [0.29, 0.717) is 17.3 Å². The Balaban J connectivity index is 1.75. The van der Waals surface area contributed by atoms with Gasteiger partial charge in [0, 0.05) is 5.92 Å². The lowest BCUT2D eigenvalue weighted by Crippen LogP contribution is -2.37. The molecular weight excluding hydrogens is 194 g/mol. The van der Waals surface area contributed by atoms with Gasteiger partial charge in [0.05, 0.1) is 0 Å². The SMILES string of the molecule is O=C(O)NC(=O)C1C[C@H]2CC[C@@H]1C21CC1. The molecule has 82 valence electrons. The topological polar surface area (TPSA) is 66.4 Å². The van der Waals surface area contributed by atoms with Crippen LogP contribution in [-0.4, -0.2) is 17.1 Å². The predicted molar refractivity (Wildman–Crippen MR) is 52.2 cm³/mol. The minimum Gasteiger partial charge on any atom is -0.465 e. The molecule has 0 heterocycles. The van der Waals surface area contributed by atoms with Crippen molar-refractivity contribution in [3.8, 4) is 0 Å². The van der Waals surface area contributed by atoms with Crippen LogP contribution >= 0.6 is 0 Å². The Morgan fingerprint density at radius 3 is 2.53 bits per heavy atom. The van der Waals surface area contributed by atoms with Crippen molar-refractivity contribution >= 4 is 12.0 Å². The predicted octanol–water partition coefficient (Wildman–Crippen LogP) is 1.61. The largest absolute Gasteiger partial charge is 0.465 e. The van der Waals surface area contributed by atoms with Crippen LogP contribution in [0.1, 0.15) is 32.1 Å². The number of rotatable bonds is 1. The van der Waals surface area contributed by atoms with Crippen molar-refractivity contribution < 1.29 is 14.7 Å². The van der Waals surface area contributed by atoms with E-state index in [0.717, 1.165) is 12.8 Å². The second-order valence-electron chi connectivity index (χ2n) is 5.25. The van der Waals surface area contributed by atoms with Crippen molar-refractivity contribution in [2.75, 3.05) is 0 Å². The van der Waals surface area contributed by atoms with Crippen LogP contribution in [0.25, 0.3) is 0 Å². The van der Waals surface area contributed by atoms with E-state index in [1.165, 1.54) is 19.3 Å². The van der Waals surface area contributed by atoms with Crippen molar-refractivity contribution in [1.82, 2.24) is 5.32 Å². The van der Waals surface area contributed by atoms with Crippen molar-refractivity contribution in [3.05, 3.63) is 0 Å². The Bertz CT molecular complexity index is 335. The average Bonchev–Trinajstić information content (AvgIpc) is 2.82. The highest BCUT2D eigenvalue weighted by Crippen LogP contribution is 2.72. The molecule has 2 N–H and O–H groups in total. The Labute approximate surface area is 88.0 Å². The van der Waals surface area contributed by atoms with Crippen LogP contribution in [0.2, 0.25) is 0 Å². The monoisotopic (exact) mass is 209 g/mol. The van der Waals surface area contributed by atoms with Gasteiger partial charge in [0.1, 0.15) is 0 Å².